The van der Waals surface area contributed by atoms with Crippen molar-refractivity contribution in [1.82, 2.24) is 0 Å². The van der Waals surface area contributed by atoms with Crippen LogP contribution in [-0.4, -0.2) is 82.1 Å². The number of nitrogens with zero attached hydrogens (tertiary/aromatic N) is 4. The van der Waals surface area contributed by atoms with Crippen molar-refractivity contribution in [3.63, 3.8) is 0 Å². The van der Waals surface area contributed by atoms with Crippen LogP contribution >= 0.6 is 95.9 Å². The number of thiocarbonyl (C=S) groups is 4. The lowest BCUT2D eigenvalue weighted by Crippen LogP contribution is -2.44. The normalized spacial score (nSPS) is 18.5. The van der Waals surface area contributed by atoms with Gasteiger partial charge in [0.15, 0.2) is 40.3 Å². The average Bonchev–Trinajstić information content (AvgIpc) is 1.48. The molecule has 2 atom stereocenters. The lowest BCUT2D eigenvalue weighted by Gasteiger charge is -2.37. The SMILES string of the molecule is Cc1ccc(N2C(=O)/C(=C/c3ccc(C(=O)Oc4cc5c(cc4OC(=O)c4ccc(/C=C6\SC(=S)N(c7ccc(F)cc7)C6=O)cc4)[C@@H]4c6ccc(OC(=O)c7ccc(/C=C8\SC(=S)N(c9ccc(F)cc9)C8=O)cc7)c(OC(=O)c7ccc(/C=C8\SC(=S)N(c9ccc(F)cc9)C8=O)cc7)c6OC[C@]4(O)C5)cc3)SC2=S)cc1. The van der Waals surface area contributed by atoms with Gasteiger partial charge in [0.1, 0.15) is 29.7 Å². The van der Waals surface area contributed by atoms with E-state index in [1.54, 1.807) is 72.8 Å². The Hall–Kier alpha value is -11.8. The first-order chi connectivity index (χ1) is 54.9. The van der Waals surface area contributed by atoms with Gasteiger partial charge in [-0.3, -0.25) is 38.8 Å². The zero-order valence-corrected chi connectivity index (χ0v) is 65.1. The summed E-state index contributed by atoms with van der Waals surface area (Å²) < 4.78 is 73.6. The number of carbonyl (C=O) groups excluding carboxylic acids is 8. The first kappa shape index (κ1) is 76.2. The summed E-state index contributed by atoms with van der Waals surface area (Å²) >= 11 is 26.4. The van der Waals surface area contributed by atoms with Crippen LogP contribution in [0, 0.1) is 24.4 Å². The monoisotopic (exact) mass is 1660 g/mol. The molecule has 16 rings (SSSR count). The van der Waals surface area contributed by atoms with Crippen LogP contribution in [0.1, 0.15) is 91.9 Å². The Kier molecular flexibility index (Phi) is 20.9. The van der Waals surface area contributed by atoms with E-state index in [2.05, 4.69) is 0 Å². The van der Waals surface area contributed by atoms with E-state index in [4.69, 9.17) is 72.6 Å². The molecule has 10 aromatic rings. The Morgan fingerprint density at radius 2 is 0.719 bits per heavy atom. The standard InChI is InChI=1S/C85H49F3N4O14S8/c1-44-2-26-57(27-3-44)89-73(93)66(111-81(89)107)36-46-6-14-50(15-7-46)78(98)104-64-40-53-42-85(101)43-102-71-61(70(85)62(53)41-65(64)105-79(99)51-16-8-47(9-17-51)38-68-75(95)91(83(109)113-68)59-30-22-55(87)23-31-59)34-35-63(103-77(97)49-12-4-45(5-13-49)37-67-74(94)90(82(108)112-67)58-28-20-54(86)21-29-58)72(71)106-80(100)52-18-10-48(11-19-52)39-69-76(96)92(84(110)114-69)60-32-24-56(88)25-33-60/h2-41,70,101H,42-43H2,1H3/b66-36-,67-37-,68-38-,69-39-/t70-,85+/m0/s1. The largest absolute Gasteiger partial charge is 0.486 e. The highest BCUT2D eigenvalue weighted by molar-refractivity contribution is 8.28. The van der Waals surface area contributed by atoms with Crippen molar-refractivity contribution >= 4 is 208 Å². The minimum atomic E-state index is -1.81. The molecule has 5 aliphatic heterocycles. The Balaban J connectivity index is 0.716. The van der Waals surface area contributed by atoms with E-state index in [9.17, 15) is 56.6 Å². The van der Waals surface area contributed by atoms with Gasteiger partial charge in [-0.1, -0.05) is 168 Å². The van der Waals surface area contributed by atoms with Crippen molar-refractivity contribution in [3.8, 4) is 28.7 Å². The van der Waals surface area contributed by atoms with Crippen molar-refractivity contribution in [1.29, 1.82) is 0 Å². The second kappa shape index (κ2) is 31.3. The number of hydrogen-bond acceptors (Lipinski definition) is 22. The van der Waals surface area contributed by atoms with Crippen molar-refractivity contribution in [3.05, 3.63) is 322 Å². The van der Waals surface area contributed by atoms with E-state index >= 15 is 0 Å². The number of thioether (sulfide) groups is 4. The van der Waals surface area contributed by atoms with Gasteiger partial charge in [0.2, 0.25) is 5.75 Å². The number of halogens is 3. The van der Waals surface area contributed by atoms with Crippen molar-refractivity contribution in [2.75, 3.05) is 26.2 Å². The summed E-state index contributed by atoms with van der Waals surface area (Å²) in [6.45, 7) is 1.45. The summed E-state index contributed by atoms with van der Waals surface area (Å²) in [4.78, 5) is 119. The number of aryl methyl sites for hydroxylation is 1. The fraction of sp³-hybridized carbons (Fsp3) is 0.0588. The summed E-state index contributed by atoms with van der Waals surface area (Å²) in [6.07, 6.45) is 6.24. The Morgan fingerprint density at radius 1 is 0.412 bits per heavy atom. The average molecular weight is 1660 g/mol. The fourth-order valence-electron chi connectivity index (χ4n) is 13.1. The highest BCUT2D eigenvalue weighted by atomic mass is 32.2. The van der Waals surface area contributed by atoms with Gasteiger partial charge in [-0.2, -0.15) is 0 Å². The van der Waals surface area contributed by atoms with Gasteiger partial charge >= 0.3 is 23.9 Å². The first-order valence-corrected chi connectivity index (χ1v) is 39.2. The van der Waals surface area contributed by atoms with E-state index in [0.29, 0.717) is 65.4 Å². The summed E-state index contributed by atoms with van der Waals surface area (Å²) in [6, 6.07) is 53.3. The summed E-state index contributed by atoms with van der Waals surface area (Å²) in [5.41, 5.74) is 4.02. The van der Waals surface area contributed by atoms with E-state index in [-0.39, 0.29) is 90.8 Å². The third-order valence-corrected chi connectivity index (χ3v) is 23.9. The van der Waals surface area contributed by atoms with Gasteiger partial charge in [-0.25, -0.2) is 32.3 Å². The smallest absolute Gasteiger partial charge is 0.343 e. The summed E-state index contributed by atoms with van der Waals surface area (Å²) in [5.74, 6) is -9.31. The number of ether oxygens (including phenoxy) is 5. The molecule has 114 heavy (non-hydrogen) atoms. The maximum atomic E-state index is 14.7. The van der Waals surface area contributed by atoms with Gasteiger partial charge in [-0.05, 0) is 216 Å². The second-order valence-electron chi connectivity index (χ2n) is 26.2. The molecule has 0 unspecified atom stereocenters. The van der Waals surface area contributed by atoms with Crippen molar-refractivity contribution in [2.45, 2.75) is 24.9 Å². The number of hydrogen-bond donors (Lipinski definition) is 1. The van der Waals surface area contributed by atoms with E-state index in [1.807, 2.05) is 31.2 Å². The Labute approximate surface area is 684 Å². The van der Waals surface area contributed by atoms with E-state index in [0.717, 1.165) is 52.6 Å². The van der Waals surface area contributed by atoms with Gasteiger partial charge < -0.3 is 28.8 Å². The molecule has 0 saturated carbocycles. The number of rotatable bonds is 16. The molecule has 0 spiro atoms. The molecule has 4 saturated heterocycles. The van der Waals surface area contributed by atoms with Crippen LogP contribution in [0.25, 0.3) is 24.3 Å². The molecule has 0 radical (unpaired) electrons. The number of carbonyl (C=O) groups is 8. The number of anilines is 4. The maximum Gasteiger partial charge on any atom is 0.343 e. The highest BCUT2D eigenvalue weighted by Gasteiger charge is 2.52. The summed E-state index contributed by atoms with van der Waals surface area (Å²) in [7, 11) is 0. The van der Waals surface area contributed by atoms with Gasteiger partial charge in [0, 0.05) is 17.9 Å². The third-order valence-electron chi connectivity index (χ3n) is 18.7. The van der Waals surface area contributed by atoms with Crippen molar-refractivity contribution in [2.24, 2.45) is 0 Å². The minimum Gasteiger partial charge on any atom is -0.486 e. The molecule has 4 fully saturated rings. The van der Waals surface area contributed by atoms with E-state index in [1.165, 1.54) is 165 Å². The lowest BCUT2D eigenvalue weighted by molar-refractivity contribution is -0.114. The minimum absolute atomic E-state index is 0.0137. The Bertz CT molecular complexity index is 5990. The van der Waals surface area contributed by atoms with Gasteiger partial charge in [0.05, 0.1) is 64.6 Å². The molecule has 562 valence electrons. The quantitative estimate of drug-likeness (QED) is 0.0412. The second-order valence-corrected chi connectivity index (χ2v) is 32.9. The van der Waals surface area contributed by atoms with Crippen molar-refractivity contribution < 1.29 is 80.3 Å². The number of amides is 4. The van der Waals surface area contributed by atoms with Crippen LogP contribution in [0.3, 0.4) is 0 Å². The van der Waals surface area contributed by atoms with Crippen LogP contribution in [0.2, 0.25) is 0 Å². The molecule has 10 aromatic carbocycles. The molecular weight excluding hydrogens is 1610 g/mol. The molecule has 4 amide bonds. The zero-order chi connectivity index (χ0) is 79.5. The summed E-state index contributed by atoms with van der Waals surface area (Å²) in [5, 5.41) is 12.9. The van der Waals surface area contributed by atoms with Gasteiger partial charge in [-0.15, -0.1) is 0 Å². The predicted molar refractivity (Wildman–Crippen MR) is 447 cm³/mol. The number of benzene rings is 10. The van der Waals surface area contributed by atoms with Crippen LogP contribution in [0.4, 0.5) is 35.9 Å². The zero-order valence-electron chi connectivity index (χ0n) is 58.5. The lowest BCUT2D eigenvalue weighted by atomic mass is 9.80. The molecule has 0 bridgehead atoms. The third kappa shape index (κ3) is 15.3. The first-order valence-electron chi connectivity index (χ1n) is 34.3. The van der Waals surface area contributed by atoms with Crippen LogP contribution < -0.4 is 43.3 Å². The topological polar surface area (TPSA) is 216 Å². The van der Waals surface area contributed by atoms with E-state index < -0.39 is 82.9 Å². The maximum absolute atomic E-state index is 14.7. The predicted octanol–water partition coefficient (Wildman–Crippen LogP) is 17.7. The highest BCUT2D eigenvalue weighted by Crippen LogP contribution is 2.57. The molecule has 1 aliphatic carbocycles. The molecule has 0 aromatic heterocycles. The molecule has 29 heteroatoms. The Morgan fingerprint density at radius 3 is 1.06 bits per heavy atom. The molecular formula is C85H49F3N4O14S8. The molecule has 5 heterocycles. The molecule has 6 aliphatic rings. The fourth-order valence-corrected chi connectivity index (χ4v) is 18.3. The number of fused-ring (bicyclic) bond motifs is 5. The van der Waals surface area contributed by atoms with Crippen LogP contribution in [-0.2, 0) is 25.6 Å². The molecule has 18 nitrogen and oxygen atoms in total. The number of aliphatic hydroxyl groups is 1. The molecule has 1 N–H and O–H groups in total. The van der Waals surface area contributed by atoms with Crippen LogP contribution in [0.15, 0.2) is 238 Å². The van der Waals surface area contributed by atoms with Crippen LogP contribution in [0.5, 0.6) is 28.7 Å². The van der Waals surface area contributed by atoms with Gasteiger partial charge in [0.25, 0.3) is 23.6 Å². The number of esters is 4.